The van der Waals surface area contributed by atoms with E-state index in [1.54, 1.807) is 0 Å². The van der Waals surface area contributed by atoms with E-state index in [-0.39, 0.29) is 18.8 Å². The van der Waals surface area contributed by atoms with Crippen molar-refractivity contribution in [2.75, 3.05) is 32.8 Å². The van der Waals surface area contributed by atoms with Gasteiger partial charge in [-0.05, 0) is 25.5 Å². The largest absolute Gasteiger partial charge is 0.394 e. The van der Waals surface area contributed by atoms with E-state index in [1.807, 2.05) is 0 Å². The highest BCUT2D eigenvalue weighted by atomic mass is 16.5. The molecule has 1 aromatic carbocycles. The molecule has 0 saturated carbocycles. The molecule has 1 aromatic rings. The van der Waals surface area contributed by atoms with Gasteiger partial charge in [0.05, 0.1) is 18.8 Å². The Morgan fingerprint density at radius 1 is 1.33 bits per heavy atom. The van der Waals surface area contributed by atoms with Gasteiger partial charge in [-0.15, -0.1) is 0 Å². The number of hydrogen-bond acceptors (Lipinski definition) is 4. The Morgan fingerprint density at radius 3 is 2.76 bits per heavy atom. The summed E-state index contributed by atoms with van der Waals surface area (Å²) in [6.07, 6.45) is 1.23. The molecule has 1 aliphatic rings. The molecule has 0 radical (unpaired) electrons. The highest BCUT2D eigenvalue weighted by Gasteiger charge is 2.25. The van der Waals surface area contributed by atoms with Crippen LogP contribution in [0.25, 0.3) is 0 Å². The standard InChI is InChI=1S/C17H28N2O2/c1-3-18-17(15-7-5-4-6-8-15)9-10-19-11-14(2)21-16(12-19)13-20/h4-8,14,16-18,20H,3,9-13H2,1-2H3. The average molecular weight is 292 g/mol. The maximum absolute atomic E-state index is 9.30. The van der Waals surface area contributed by atoms with E-state index in [0.29, 0.717) is 6.04 Å². The van der Waals surface area contributed by atoms with Crippen LogP contribution in [0.1, 0.15) is 31.9 Å². The van der Waals surface area contributed by atoms with E-state index in [1.165, 1.54) is 5.56 Å². The normalized spacial score (nSPS) is 24.9. The number of nitrogens with zero attached hydrogens (tertiary/aromatic N) is 1. The molecule has 4 nitrogen and oxygen atoms in total. The Bertz CT molecular complexity index is 399. The van der Waals surface area contributed by atoms with Crippen molar-refractivity contribution in [3.8, 4) is 0 Å². The number of aliphatic hydroxyl groups excluding tert-OH is 1. The van der Waals surface area contributed by atoms with Gasteiger partial charge in [0.15, 0.2) is 0 Å². The lowest BCUT2D eigenvalue weighted by Crippen LogP contribution is -2.48. The van der Waals surface area contributed by atoms with E-state index < -0.39 is 0 Å². The molecule has 1 aliphatic heterocycles. The SMILES string of the molecule is CCNC(CCN1CC(C)OC(CO)C1)c1ccccc1. The maximum Gasteiger partial charge on any atom is 0.0936 e. The highest BCUT2D eigenvalue weighted by molar-refractivity contribution is 5.18. The molecule has 2 N–H and O–H groups in total. The number of nitrogens with one attached hydrogen (secondary N) is 1. The molecule has 2 rings (SSSR count). The Balaban J connectivity index is 1.89. The van der Waals surface area contributed by atoms with Gasteiger partial charge in [-0.3, -0.25) is 4.90 Å². The van der Waals surface area contributed by atoms with E-state index in [2.05, 4.69) is 54.4 Å². The molecule has 0 aliphatic carbocycles. The lowest BCUT2D eigenvalue weighted by Gasteiger charge is -2.36. The summed E-state index contributed by atoms with van der Waals surface area (Å²) in [5, 5.41) is 12.9. The van der Waals surface area contributed by atoms with Gasteiger partial charge in [0.1, 0.15) is 0 Å². The number of rotatable bonds is 7. The number of aliphatic hydroxyl groups is 1. The first-order valence-electron chi connectivity index (χ1n) is 8.00. The zero-order valence-electron chi connectivity index (χ0n) is 13.2. The Hall–Kier alpha value is -0.940. The molecule has 21 heavy (non-hydrogen) atoms. The van der Waals surface area contributed by atoms with Crippen molar-refractivity contribution in [1.29, 1.82) is 0 Å². The van der Waals surface area contributed by atoms with Crippen LogP contribution in [-0.2, 0) is 4.74 Å². The predicted octanol–water partition coefficient (Wildman–Crippen LogP) is 1.81. The fraction of sp³-hybridized carbons (Fsp3) is 0.647. The minimum absolute atomic E-state index is 0.0388. The van der Waals surface area contributed by atoms with Crippen LogP contribution in [0.3, 0.4) is 0 Å². The van der Waals surface area contributed by atoms with Gasteiger partial charge >= 0.3 is 0 Å². The summed E-state index contributed by atoms with van der Waals surface area (Å²) in [5.41, 5.74) is 1.35. The van der Waals surface area contributed by atoms with Crippen molar-refractivity contribution in [1.82, 2.24) is 10.2 Å². The minimum Gasteiger partial charge on any atom is -0.394 e. The third kappa shape index (κ3) is 5.08. The average Bonchev–Trinajstić information content (AvgIpc) is 2.51. The molecule has 0 amide bonds. The third-order valence-electron chi connectivity index (χ3n) is 3.99. The second-order valence-electron chi connectivity index (χ2n) is 5.82. The minimum atomic E-state index is -0.0388. The Morgan fingerprint density at radius 2 is 2.10 bits per heavy atom. The van der Waals surface area contributed by atoms with Gasteiger partial charge in [-0.2, -0.15) is 0 Å². The topological polar surface area (TPSA) is 44.7 Å². The van der Waals surface area contributed by atoms with Gasteiger partial charge in [0.2, 0.25) is 0 Å². The van der Waals surface area contributed by atoms with Crippen molar-refractivity contribution in [3.05, 3.63) is 35.9 Å². The van der Waals surface area contributed by atoms with Crippen LogP contribution in [0.2, 0.25) is 0 Å². The number of morpholine rings is 1. The summed E-state index contributed by atoms with van der Waals surface area (Å²) < 4.78 is 5.70. The summed E-state index contributed by atoms with van der Waals surface area (Å²) in [7, 11) is 0. The summed E-state index contributed by atoms with van der Waals surface area (Å²) in [5.74, 6) is 0. The molecule has 0 spiro atoms. The first-order valence-corrected chi connectivity index (χ1v) is 8.00. The van der Waals surface area contributed by atoms with E-state index in [4.69, 9.17) is 4.74 Å². The van der Waals surface area contributed by atoms with Crippen LogP contribution in [0.4, 0.5) is 0 Å². The monoisotopic (exact) mass is 292 g/mol. The molecular weight excluding hydrogens is 264 g/mol. The van der Waals surface area contributed by atoms with E-state index >= 15 is 0 Å². The highest BCUT2D eigenvalue weighted by Crippen LogP contribution is 2.18. The maximum atomic E-state index is 9.30. The summed E-state index contributed by atoms with van der Waals surface area (Å²) in [6, 6.07) is 11.0. The van der Waals surface area contributed by atoms with Crippen LogP contribution >= 0.6 is 0 Å². The smallest absolute Gasteiger partial charge is 0.0936 e. The van der Waals surface area contributed by atoms with Crippen LogP contribution in [-0.4, -0.2) is 55.0 Å². The first-order chi connectivity index (χ1) is 10.2. The van der Waals surface area contributed by atoms with Crippen LogP contribution in [0.5, 0.6) is 0 Å². The Labute approximate surface area is 128 Å². The zero-order chi connectivity index (χ0) is 15.1. The fourth-order valence-electron chi connectivity index (χ4n) is 3.05. The molecule has 0 aromatic heterocycles. The van der Waals surface area contributed by atoms with Gasteiger partial charge < -0.3 is 15.2 Å². The second-order valence-corrected chi connectivity index (χ2v) is 5.82. The van der Waals surface area contributed by atoms with Gasteiger partial charge in [0.25, 0.3) is 0 Å². The van der Waals surface area contributed by atoms with Crippen molar-refractivity contribution in [3.63, 3.8) is 0 Å². The van der Waals surface area contributed by atoms with Crippen molar-refractivity contribution >= 4 is 0 Å². The Kier molecular flexibility index (Phi) is 6.64. The molecule has 3 atom stereocenters. The molecule has 4 heteroatoms. The van der Waals surface area contributed by atoms with E-state index in [9.17, 15) is 5.11 Å². The molecule has 1 heterocycles. The number of benzene rings is 1. The molecular formula is C17H28N2O2. The summed E-state index contributed by atoms with van der Waals surface area (Å²) in [6.45, 7) is 8.10. The predicted molar refractivity (Wildman–Crippen MR) is 85.3 cm³/mol. The molecule has 0 bridgehead atoms. The van der Waals surface area contributed by atoms with Gasteiger partial charge in [0, 0.05) is 25.7 Å². The lowest BCUT2D eigenvalue weighted by atomic mass is 10.0. The first kappa shape index (κ1) is 16.4. The van der Waals surface area contributed by atoms with Crippen LogP contribution < -0.4 is 5.32 Å². The molecule has 1 fully saturated rings. The molecule has 1 saturated heterocycles. The summed E-state index contributed by atoms with van der Waals surface area (Å²) >= 11 is 0. The third-order valence-corrected chi connectivity index (χ3v) is 3.99. The molecule has 3 unspecified atom stereocenters. The van der Waals surface area contributed by atoms with Crippen molar-refractivity contribution in [2.24, 2.45) is 0 Å². The van der Waals surface area contributed by atoms with Gasteiger partial charge in [-0.1, -0.05) is 37.3 Å². The van der Waals surface area contributed by atoms with Crippen LogP contribution in [0.15, 0.2) is 30.3 Å². The quantitative estimate of drug-likeness (QED) is 0.804. The number of hydrogen-bond donors (Lipinski definition) is 2. The lowest BCUT2D eigenvalue weighted by molar-refractivity contribution is -0.0955. The summed E-state index contributed by atoms with van der Waals surface area (Å²) in [4.78, 5) is 2.41. The van der Waals surface area contributed by atoms with E-state index in [0.717, 1.165) is 32.6 Å². The zero-order valence-corrected chi connectivity index (χ0v) is 13.2. The van der Waals surface area contributed by atoms with Crippen LogP contribution in [0, 0.1) is 0 Å². The number of ether oxygens (including phenoxy) is 1. The van der Waals surface area contributed by atoms with Gasteiger partial charge in [-0.25, -0.2) is 0 Å². The van der Waals surface area contributed by atoms with Crippen molar-refractivity contribution in [2.45, 2.75) is 38.5 Å². The fourth-order valence-corrected chi connectivity index (χ4v) is 3.05. The van der Waals surface area contributed by atoms with Crippen molar-refractivity contribution < 1.29 is 9.84 Å². The second kappa shape index (κ2) is 8.49. The molecule has 118 valence electrons.